The Morgan fingerprint density at radius 3 is 2.44 bits per heavy atom. The van der Waals surface area contributed by atoms with Crippen LogP contribution in [0.5, 0.6) is 5.75 Å². The predicted octanol–water partition coefficient (Wildman–Crippen LogP) is 2.22. The number of ketones is 1. The number of phenolic OH excluding ortho intramolecular Hbond substituents is 1. The summed E-state index contributed by atoms with van der Waals surface area (Å²) in [5, 5.41) is 32.7. The molecule has 2 unspecified atom stereocenters. The summed E-state index contributed by atoms with van der Waals surface area (Å²) < 4.78 is 5.03. The molecule has 4 N–H and O–H groups in total. The number of aryl methyl sites for hydroxylation is 1. The first-order valence-corrected chi connectivity index (χ1v) is 8.44. The smallest absolute Gasteiger partial charge is 0.407 e. The molecule has 1 amide bonds. The standard InChI is InChI=1S/C20H23NO6/c1-12-8-16(13(2)22)17(23)9-15(12)19(25)18(24)10-21-20(26)27-11-14-6-4-3-5-7-14/h3-9,18-19,23-25H,10-11H2,1-2H3,(H,21,26). The third-order valence-corrected chi connectivity index (χ3v) is 4.12. The quantitative estimate of drug-likeness (QED) is 0.553. The molecule has 7 nitrogen and oxygen atoms in total. The van der Waals surface area contributed by atoms with Crippen LogP contribution in [0.4, 0.5) is 4.79 Å². The van der Waals surface area contributed by atoms with Gasteiger partial charge in [0, 0.05) is 6.54 Å². The van der Waals surface area contributed by atoms with Gasteiger partial charge in [-0.3, -0.25) is 4.79 Å². The van der Waals surface area contributed by atoms with Crippen molar-refractivity contribution in [3.8, 4) is 5.75 Å². The first kappa shape index (κ1) is 20.4. The third-order valence-electron chi connectivity index (χ3n) is 4.12. The van der Waals surface area contributed by atoms with E-state index in [1.165, 1.54) is 19.1 Å². The summed E-state index contributed by atoms with van der Waals surface area (Å²) in [6, 6.07) is 11.8. The van der Waals surface area contributed by atoms with Gasteiger partial charge in [0.1, 0.15) is 24.6 Å². The third kappa shape index (κ3) is 5.54. The van der Waals surface area contributed by atoms with E-state index in [1.54, 1.807) is 6.92 Å². The van der Waals surface area contributed by atoms with Gasteiger partial charge in [0.15, 0.2) is 5.78 Å². The number of hydrogen-bond donors (Lipinski definition) is 4. The van der Waals surface area contributed by atoms with Crippen LogP contribution in [0.25, 0.3) is 0 Å². The number of carbonyl (C=O) groups excluding carboxylic acids is 2. The van der Waals surface area contributed by atoms with E-state index in [4.69, 9.17) is 4.74 Å². The van der Waals surface area contributed by atoms with E-state index in [-0.39, 0.29) is 35.8 Å². The highest BCUT2D eigenvalue weighted by Gasteiger charge is 2.23. The fourth-order valence-corrected chi connectivity index (χ4v) is 2.59. The number of amides is 1. The van der Waals surface area contributed by atoms with Gasteiger partial charge >= 0.3 is 6.09 Å². The molecule has 7 heteroatoms. The number of benzene rings is 2. The Labute approximate surface area is 157 Å². The molecule has 0 bridgehead atoms. The lowest BCUT2D eigenvalue weighted by atomic mass is 9.95. The Morgan fingerprint density at radius 2 is 1.81 bits per heavy atom. The van der Waals surface area contributed by atoms with Gasteiger partial charge in [0.25, 0.3) is 0 Å². The normalized spacial score (nSPS) is 12.9. The molecule has 0 aliphatic carbocycles. The molecule has 2 rings (SSSR count). The van der Waals surface area contributed by atoms with E-state index in [0.29, 0.717) is 5.56 Å². The van der Waals surface area contributed by atoms with Crippen molar-refractivity contribution in [3.05, 3.63) is 64.7 Å². The van der Waals surface area contributed by atoms with Crippen molar-refractivity contribution in [2.75, 3.05) is 6.54 Å². The monoisotopic (exact) mass is 373 g/mol. The molecule has 0 saturated heterocycles. The van der Waals surface area contributed by atoms with Crippen LogP contribution in [-0.4, -0.2) is 39.8 Å². The Balaban J connectivity index is 1.91. The first-order chi connectivity index (χ1) is 12.8. The van der Waals surface area contributed by atoms with Crippen LogP contribution < -0.4 is 5.32 Å². The molecule has 2 aromatic rings. The molecule has 0 heterocycles. The second-order valence-corrected chi connectivity index (χ2v) is 6.24. The summed E-state index contributed by atoms with van der Waals surface area (Å²) >= 11 is 0. The van der Waals surface area contributed by atoms with E-state index in [1.807, 2.05) is 30.3 Å². The molecule has 0 radical (unpaired) electrons. The molecule has 0 spiro atoms. The highest BCUT2D eigenvalue weighted by molar-refractivity contribution is 5.97. The predicted molar refractivity (Wildman–Crippen MR) is 98.4 cm³/mol. The van der Waals surface area contributed by atoms with Crippen molar-refractivity contribution in [2.24, 2.45) is 0 Å². The van der Waals surface area contributed by atoms with Crippen molar-refractivity contribution in [3.63, 3.8) is 0 Å². The van der Waals surface area contributed by atoms with Crippen LogP contribution in [0, 0.1) is 6.92 Å². The van der Waals surface area contributed by atoms with Gasteiger partial charge in [-0.25, -0.2) is 4.79 Å². The molecule has 144 valence electrons. The SMILES string of the molecule is CC(=O)c1cc(C)c(C(O)C(O)CNC(=O)OCc2ccccc2)cc1O. The fraction of sp³-hybridized carbons (Fsp3) is 0.300. The van der Waals surface area contributed by atoms with Crippen LogP contribution in [0.3, 0.4) is 0 Å². The molecular formula is C20H23NO6. The molecule has 0 aliphatic rings. The van der Waals surface area contributed by atoms with Crippen molar-refractivity contribution < 1.29 is 29.6 Å². The molecular weight excluding hydrogens is 350 g/mol. The minimum atomic E-state index is -1.36. The number of Topliss-reactive ketones (excluding diaryl/α,β-unsaturated/α-hetero) is 1. The number of aliphatic hydroxyl groups is 2. The Morgan fingerprint density at radius 1 is 1.15 bits per heavy atom. The Bertz CT molecular complexity index is 806. The lowest BCUT2D eigenvalue weighted by Crippen LogP contribution is -2.36. The largest absolute Gasteiger partial charge is 0.507 e. The maximum absolute atomic E-state index is 11.7. The van der Waals surface area contributed by atoms with Gasteiger partial charge in [-0.1, -0.05) is 30.3 Å². The highest BCUT2D eigenvalue weighted by Crippen LogP contribution is 2.28. The van der Waals surface area contributed by atoms with E-state index in [0.717, 1.165) is 5.56 Å². The van der Waals surface area contributed by atoms with Crippen molar-refractivity contribution in [1.82, 2.24) is 5.32 Å². The lowest BCUT2D eigenvalue weighted by Gasteiger charge is -2.21. The maximum Gasteiger partial charge on any atom is 0.407 e. The number of aromatic hydroxyl groups is 1. The first-order valence-electron chi connectivity index (χ1n) is 8.44. The van der Waals surface area contributed by atoms with Crippen LogP contribution in [0.1, 0.15) is 40.1 Å². The summed E-state index contributed by atoms with van der Waals surface area (Å²) in [5.41, 5.74) is 1.77. The van der Waals surface area contributed by atoms with E-state index >= 15 is 0 Å². The molecule has 0 saturated carbocycles. The molecule has 2 aromatic carbocycles. The van der Waals surface area contributed by atoms with Crippen LogP contribution in [-0.2, 0) is 11.3 Å². The molecule has 27 heavy (non-hydrogen) atoms. The number of aliphatic hydroxyl groups excluding tert-OH is 2. The van der Waals surface area contributed by atoms with Gasteiger partial charge in [-0.2, -0.15) is 0 Å². The summed E-state index contributed by atoms with van der Waals surface area (Å²) in [7, 11) is 0. The van der Waals surface area contributed by atoms with Gasteiger partial charge in [-0.05, 0) is 42.7 Å². The number of phenols is 1. The van der Waals surface area contributed by atoms with Gasteiger partial charge in [-0.15, -0.1) is 0 Å². The number of nitrogens with one attached hydrogen (secondary N) is 1. The topological polar surface area (TPSA) is 116 Å². The Kier molecular flexibility index (Phi) is 6.92. The second-order valence-electron chi connectivity index (χ2n) is 6.24. The molecule has 0 aliphatic heterocycles. The Hall–Kier alpha value is -2.90. The van der Waals surface area contributed by atoms with Crippen LogP contribution in [0.2, 0.25) is 0 Å². The van der Waals surface area contributed by atoms with Crippen LogP contribution in [0.15, 0.2) is 42.5 Å². The van der Waals surface area contributed by atoms with Crippen molar-refractivity contribution in [2.45, 2.75) is 32.7 Å². The molecule has 2 atom stereocenters. The summed E-state index contributed by atoms with van der Waals surface area (Å²) in [4.78, 5) is 23.2. The molecule has 0 fully saturated rings. The maximum atomic E-state index is 11.7. The molecule has 0 aromatic heterocycles. The number of hydrogen-bond acceptors (Lipinski definition) is 6. The second kappa shape index (κ2) is 9.16. The average molecular weight is 373 g/mol. The zero-order chi connectivity index (χ0) is 20.0. The number of alkyl carbamates (subject to hydrolysis) is 1. The van der Waals surface area contributed by atoms with Gasteiger partial charge in [0.05, 0.1) is 5.56 Å². The van der Waals surface area contributed by atoms with Crippen molar-refractivity contribution >= 4 is 11.9 Å². The zero-order valence-electron chi connectivity index (χ0n) is 15.2. The highest BCUT2D eigenvalue weighted by atomic mass is 16.5. The van der Waals surface area contributed by atoms with Gasteiger partial charge in [0.2, 0.25) is 0 Å². The number of carbonyl (C=O) groups is 2. The zero-order valence-corrected chi connectivity index (χ0v) is 15.2. The lowest BCUT2D eigenvalue weighted by molar-refractivity contribution is 0.0179. The minimum absolute atomic E-state index is 0.0881. The summed E-state index contributed by atoms with van der Waals surface area (Å²) in [6.45, 7) is 2.82. The average Bonchev–Trinajstić information content (AvgIpc) is 2.65. The minimum Gasteiger partial charge on any atom is -0.507 e. The van der Waals surface area contributed by atoms with E-state index < -0.39 is 18.3 Å². The summed E-state index contributed by atoms with van der Waals surface area (Å²) in [5.74, 6) is -0.579. The number of ether oxygens (including phenoxy) is 1. The van der Waals surface area contributed by atoms with Crippen molar-refractivity contribution in [1.29, 1.82) is 0 Å². The van der Waals surface area contributed by atoms with Gasteiger partial charge < -0.3 is 25.4 Å². The van der Waals surface area contributed by atoms with Crippen LogP contribution >= 0.6 is 0 Å². The van der Waals surface area contributed by atoms with E-state index in [9.17, 15) is 24.9 Å². The number of rotatable bonds is 7. The fourth-order valence-electron chi connectivity index (χ4n) is 2.59. The van der Waals surface area contributed by atoms with E-state index in [2.05, 4.69) is 5.32 Å². The summed E-state index contributed by atoms with van der Waals surface area (Å²) in [6.07, 6.45) is -3.40.